The number of allylic oxidation sites excluding steroid dienone is 1. The highest BCUT2D eigenvalue weighted by Gasteiger charge is 2.06. The Morgan fingerprint density at radius 1 is 1.13 bits per heavy atom. The first-order valence-corrected chi connectivity index (χ1v) is 6.12. The van der Waals surface area contributed by atoms with Crippen molar-refractivity contribution in [1.82, 2.24) is 0 Å². The van der Waals surface area contributed by atoms with Gasteiger partial charge in [-0.15, -0.1) is 0 Å². The van der Waals surface area contributed by atoms with Crippen molar-refractivity contribution in [3.05, 3.63) is 11.6 Å². The van der Waals surface area contributed by atoms with Crippen LogP contribution in [0.25, 0.3) is 0 Å². The van der Waals surface area contributed by atoms with Crippen molar-refractivity contribution in [2.75, 3.05) is 6.61 Å². The van der Waals surface area contributed by atoms with Crippen LogP contribution in [0.2, 0.25) is 0 Å². The van der Waals surface area contributed by atoms with Crippen LogP contribution in [0.1, 0.15) is 59.3 Å². The van der Waals surface area contributed by atoms with Crippen molar-refractivity contribution in [1.29, 1.82) is 0 Å². The Hall–Kier alpha value is -0.790. The average molecular weight is 212 g/mol. The van der Waals surface area contributed by atoms with Crippen molar-refractivity contribution in [2.24, 2.45) is 0 Å². The minimum absolute atomic E-state index is 0.143. The Morgan fingerprint density at radius 2 is 1.87 bits per heavy atom. The molecule has 0 amide bonds. The molecule has 0 saturated heterocycles. The summed E-state index contributed by atoms with van der Waals surface area (Å²) >= 11 is 0. The number of esters is 1. The lowest BCUT2D eigenvalue weighted by Crippen LogP contribution is -2.06. The molecule has 0 radical (unpaired) electrons. The molecule has 0 aromatic carbocycles. The first kappa shape index (κ1) is 14.2. The monoisotopic (exact) mass is 212 g/mol. The highest BCUT2D eigenvalue weighted by atomic mass is 16.5. The minimum Gasteiger partial charge on any atom is -0.463 e. The molecule has 0 bridgehead atoms. The molecule has 0 N–H and O–H groups in total. The molecule has 0 saturated carbocycles. The summed E-state index contributed by atoms with van der Waals surface area (Å²) in [6.07, 6.45) is 8.78. The van der Waals surface area contributed by atoms with Gasteiger partial charge in [0, 0.05) is 5.57 Å². The number of hydrogen-bond acceptors (Lipinski definition) is 2. The molecule has 0 aliphatic rings. The van der Waals surface area contributed by atoms with Crippen molar-refractivity contribution >= 4 is 5.97 Å². The maximum absolute atomic E-state index is 11.4. The van der Waals surface area contributed by atoms with Crippen molar-refractivity contribution in [2.45, 2.75) is 59.3 Å². The maximum atomic E-state index is 11.4. The third-order valence-corrected chi connectivity index (χ3v) is 2.37. The predicted molar refractivity (Wildman–Crippen MR) is 63.8 cm³/mol. The lowest BCUT2D eigenvalue weighted by atomic mass is 10.1. The fraction of sp³-hybridized carbons (Fsp3) is 0.769. The van der Waals surface area contributed by atoms with Gasteiger partial charge in [0.25, 0.3) is 0 Å². The third kappa shape index (κ3) is 7.18. The third-order valence-electron chi connectivity index (χ3n) is 2.37. The number of ether oxygens (including phenoxy) is 1. The molecule has 88 valence electrons. The van der Waals surface area contributed by atoms with Crippen LogP contribution >= 0.6 is 0 Å². The maximum Gasteiger partial charge on any atom is 0.333 e. The van der Waals surface area contributed by atoms with E-state index in [0.717, 1.165) is 18.4 Å². The first-order chi connectivity index (χ1) is 7.26. The average Bonchev–Trinajstić information content (AvgIpc) is 2.23. The fourth-order valence-corrected chi connectivity index (χ4v) is 1.44. The van der Waals surface area contributed by atoms with Crippen LogP contribution in [0.5, 0.6) is 0 Å². The van der Waals surface area contributed by atoms with Crippen molar-refractivity contribution < 1.29 is 9.53 Å². The van der Waals surface area contributed by atoms with E-state index in [2.05, 4.69) is 6.92 Å². The molecule has 0 fully saturated rings. The van der Waals surface area contributed by atoms with E-state index < -0.39 is 0 Å². The SMILES string of the molecule is CCCCCCC=C(CC)C(=O)OCC. The van der Waals surface area contributed by atoms with Gasteiger partial charge in [-0.2, -0.15) is 0 Å². The molecule has 0 unspecified atom stereocenters. The number of rotatable bonds is 8. The van der Waals surface area contributed by atoms with E-state index >= 15 is 0 Å². The molecule has 2 nitrogen and oxygen atoms in total. The van der Waals surface area contributed by atoms with Gasteiger partial charge in [-0.05, 0) is 26.2 Å². The normalized spacial score (nSPS) is 11.5. The Balaban J connectivity index is 3.83. The van der Waals surface area contributed by atoms with Gasteiger partial charge in [-0.1, -0.05) is 39.2 Å². The molecule has 0 aromatic rings. The summed E-state index contributed by atoms with van der Waals surface area (Å²) in [6.45, 7) is 6.50. The van der Waals surface area contributed by atoms with E-state index in [1.807, 2.05) is 19.9 Å². The molecule has 0 atom stereocenters. The van der Waals surface area contributed by atoms with E-state index in [-0.39, 0.29) is 5.97 Å². The zero-order valence-corrected chi connectivity index (χ0v) is 10.3. The summed E-state index contributed by atoms with van der Waals surface area (Å²) < 4.78 is 4.97. The molecule has 0 aliphatic carbocycles. The molecule has 0 aliphatic heterocycles. The van der Waals surface area contributed by atoms with Crippen LogP contribution in [0.4, 0.5) is 0 Å². The molecular weight excluding hydrogens is 188 g/mol. The summed E-state index contributed by atoms with van der Waals surface area (Å²) in [5.74, 6) is -0.143. The van der Waals surface area contributed by atoms with Gasteiger partial charge in [-0.3, -0.25) is 0 Å². The standard InChI is InChI=1S/C13H24O2/c1-4-7-8-9-10-11-12(5-2)13(14)15-6-3/h11H,4-10H2,1-3H3. The topological polar surface area (TPSA) is 26.3 Å². The molecule has 0 aromatic heterocycles. The van der Waals surface area contributed by atoms with E-state index in [0.29, 0.717) is 6.61 Å². The van der Waals surface area contributed by atoms with Gasteiger partial charge in [0.1, 0.15) is 0 Å². The molecule has 0 spiro atoms. The number of carbonyl (C=O) groups excluding carboxylic acids is 1. The summed E-state index contributed by atoms with van der Waals surface area (Å²) in [6, 6.07) is 0. The summed E-state index contributed by atoms with van der Waals surface area (Å²) in [7, 11) is 0. The number of unbranched alkanes of at least 4 members (excludes halogenated alkanes) is 4. The van der Waals surface area contributed by atoms with E-state index in [1.165, 1.54) is 25.7 Å². The second kappa shape index (κ2) is 9.75. The Labute approximate surface area is 93.7 Å². The highest BCUT2D eigenvalue weighted by Crippen LogP contribution is 2.09. The highest BCUT2D eigenvalue weighted by molar-refractivity contribution is 5.88. The first-order valence-electron chi connectivity index (χ1n) is 6.12. The Kier molecular flexibility index (Phi) is 9.24. The quantitative estimate of drug-likeness (QED) is 0.347. The lowest BCUT2D eigenvalue weighted by molar-refractivity contribution is -0.138. The van der Waals surface area contributed by atoms with Gasteiger partial charge in [-0.25, -0.2) is 4.79 Å². The second-order valence-electron chi connectivity index (χ2n) is 3.65. The van der Waals surface area contributed by atoms with Crippen molar-refractivity contribution in [3.63, 3.8) is 0 Å². The minimum atomic E-state index is -0.143. The smallest absolute Gasteiger partial charge is 0.333 e. The van der Waals surface area contributed by atoms with Gasteiger partial charge in [0.2, 0.25) is 0 Å². The Morgan fingerprint density at radius 3 is 2.40 bits per heavy atom. The molecule has 2 heteroatoms. The lowest BCUT2D eigenvalue weighted by Gasteiger charge is -2.04. The van der Waals surface area contributed by atoms with Gasteiger partial charge in [0.05, 0.1) is 6.61 Å². The van der Waals surface area contributed by atoms with Crippen LogP contribution in [0, 0.1) is 0 Å². The molecule has 0 rings (SSSR count). The van der Waals surface area contributed by atoms with Crippen LogP contribution in [0.15, 0.2) is 11.6 Å². The molecular formula is C13H24O2. The van der Waals surface area contributed by atoms with Crippen molar-refractivity contribution in [3.8, 4) is 0 Å². The van der Waals surface area contributed by atoms with Crippen LogP contribution in [-0.2, 0) is 9.53 Å². The molecule has 15 heavy (non-hydrogen) atoms. The van der Waals surface area contributed by atoms with E-state index in [1.54, 1.807) is 0 Å². The van der Waals surface area contributed by atoms with Gasteiger partial charge < -0.3 is 4.74 Å². The Bertz CT molecular complexity index is 195. The van der Waals surface area contributed by atoms with Crippen LogP contribution in [-0.4, -0.2) is 12.6 Å². The number of carbonyl (C=O) groups is 1. The van der Waals surface area contributed by atoms with Gasteiger partial charge >= 0.3 is 5.97 Å². The summed E-state index contributed by atoms with van der Waals surface area (Å²) in [5, 5.41) is 0. The predicted octanol–water partition coefficient (Wildman–Crippen LogP) is 3.86. The fourth-order valence-electron chi connectivity index (χ4n) is 1.44. The largest absolute Gasteiger partial charge is 0.463 e. The summed E-state index contributed by atoms with van der Waals surface area (Å²) in [4.78, 5) is 11.4. The van der Waals surface area contributed by atoms with E-state index in [9.17, 15) is 4.79 Å². The second-order valence-corrected chi connectivity index (χ2v) is 3.65. The summed E-state index contributed by atoms with van der Waals surface area (Å²) in [5.41, 5.74) is 0.827. The van der Waals surface area contributed by atoms with E-state index in [4.69, 9.17) is 4.74 Å². The van der Waals surface area contributed by atoms with Gasteiger partial charge in [0.15, 0.2) is 0 Å². The zero-order valence-electron chi connectivity index (χ0n) is 10.3. The number of hydrogen-bond donors (Lipinski definition) is 0. The van der Waals surface area contributed by atoms with Crippen LogP contribution < -0.4 is 0 Å². The zero-order chi connectivity index (χ0) is 11.5. The molecule has 0 heterocycles. The van der Waals surface area contributed by atoms with Crippen LogP contribution in [0.3, 0.4) is 0 Å².